The van der Waals surface area contributed by atoms with Crippen LogP contribution < -0.4 is 5.14 Å². The van der Waals surface area contributed by atoms with Crippen molar-refractivity contribution in [2.75, 3.05) is 0 Å². The normalized spacial score (nSPS) is 13.5. The van der Waals surface area contributed by atoms with Crippen LogP contribution in [0, 0.1) is 0 Å². The average molecular weight is 395 g/mol. The maximum atomic E-state index is 13.2. The number of aromatic hydroxyl groups is 1. The number of hydrogen-bond acceptors (Lipinski definition) is 3. The minimum atomic E-state index is -4.59. The van der Waals surface area contributed by atoms with Gasteiger partial charge in [-0.1, -0.05) is 10.7 Å². The maximum absolute atomic E-state index is 13.2. The fraction of sp³-hybridized carbons (Fsp3) is 0.111. The van der Waals surface area contributed by atoms with Gasteiger partial charge in [-0.3, -0.25) is 5.14 Å². The van der Waals surface area contributed by atoms with Gasteiger partial charge in [0.25, 0.3) is 0 Å². The number of hydrogen-bond donors (Lipinski definition) is 3. The SMILES string of the molecule is C/C(O)=S(\N)c1ccc(-n2nc(C(F)(F)F)cc2-c2ccc(O)cc2)cc1. The Morgan fingerprint density at radius 3 is 2.19 bits per heavy atom. The highest BCUT2D eigenvalue weighted by atomic mass is 32.2. The van der Waals surface area contributed by atoms with E-state index in [2.05, 4.69) is 5.10 Å². The predicted molar refractivity (Wildman–Crippen MR) is 99.0 cm³/mol. The molecule has 3 aromatic rings. The third-order valence-electron chi connectivity index (χ3n) is 3.82. The maximum Gasteiger partial charge on any atom is 0.435 e. The Kier molecular flexibility index (Phi) is 5.09. The number of aliphatic hydroxyl groups is 1. The van der Waals surface area contributed by atoms with Gasteiger partial charge in [0.15, 0.2) is 5.69 Å². The summed E-state index contributed by atoms with van der Waals surface area (Å²) in [5.74, 6) is 0.0100. The van der Waals surface area contributed by atoms with Gasteiger partial charge in [0.2, 0.25) is 0 Å². The molecule has 142 valence electrons. The number of halogens is 3. The third-order valence-corrected chi connectivity index (χ3v) is 5.23. The first-order valence-corrected chi connectivity index (χ1v) is 9.04. The Hall–Kier alpha value is -2.62. The van der Waals surface area contributed by atoms with Gasteiger partial charge >= 0.3 is 6.18 Å². The number of benzene rings is 2. The number of phenols is 1. The molecule has 0 saturated carbocycles. The average Bonchev–Trinajstić information content (AvgIpc) is 3.07. The van der Waals surface area contributed by atoms with Gasteiger partial charge < -0.3 is 10.2 Å². The lowest BCUT2D eigenvalue weighted by Crippen LogP contribution is -2.07. The predicted octanol–water partition coefficient (Wildman–Crippen LogP) is 4.47. The second-order valence-electron chi connectivity index (χ2n) is 5.72. The number of aromatic nitrogens is 2. The Balaban J connectivity index is 2.12. The van der Waals surface area contributed by atoms with Crippen molar-refractivity contribution < 1.29 is 23.4 Å². The Labute approximate surface area is 155 Å². The largest absolute Gasteiger partial charge is 0.508 e. The molecule has 0 amide bonds. The van der Waals surface area contributed by atoms with Crippen LogP contribution in [0.2, 0.25) is 0 Å². The van der Waals surface area contributed by atoms with E-state index in [1.807, 2.05) is 0 Å². The molecule has 0 aliphatic heterocycles. The summed E-state index contributed by atoms with van der Waals surface area (Å²) < 4.78 is 40.7. The lowest BCUT2D eigenvalue weighted by atomic mass is 10.1. The van der Waals surface area contributed by atoms with Crippen molar-refractivity contribution in [1.82, 2.24) is 9.78 Å². The van der Waals surface area contributed by atoms with Gasteiger partial charge in [-0.05, 0) is 61.5 Å². The summed E-state index contributed by atoms with van der Waals surface area (Å²) in [5.41, 5.74) is 0.0856. The molecule has 0 spiro atoms. The molecule has 4 N–H and O–H groups in total. The van der Waals surface area contributed by atoms with E-state index in [1.165, 1.54) is 35.9 Å². The fourth-order valence-corrected chi connectivity index (χ4v) is 3.23. The van der Waals surface area contributed by atoms with Crippen LogP contribution in [0.15, 0.2) is 59.5 Å². The molecule has 1 atom stereocenters. The Bertz CT molecular complexity index is 990. The van der Waals surface area contributed by atoms with E-state index >= 15 is 0 Å². The number of nitrogens with two attached hydrogens (primary N) is 1. The molecule has 27 heavy (non-hydrogen) atoms. The van der Waals surface area contributed by atoms with Crippen molar-refractivity contribution in [3.63, 3.8) is 0 Å². The lowest BCUT2D eigenvalue weighted by molar-refractivity contribution is -0.141. The van der Waals surface area contributed by atoms with E-state index in [1.54, 1.807) is 24.3 Å². The van der Waals surface area contributed by atoms with Crippen molar-refractivity contribution in [2.45, 2.75) is 18.0 Å². The highest BCUT2D eigenvalue weighted by molar-refractivity contribution is 8.13. The van der Waals surface area contributed by atoms with E-state index in [0.29, 0.717) is 16.1 Å². The summed E-state index contributed by atoms with van der Waals surface area (Å²) in [6, 6.07) is 13.2. The third kappa shape index (κ3) is 4.05. The van der Waals surface area contributed by atoms with Crippen molar-refractivity contribution in [2.24, 2.45) is 5.14 Å². The quantitative estimate of drug-likeness (QED) is 0.571. The molecule has 0 aliphatic rings. The summed E-state index contributed by atoms with van der Waals surface area (Å²) in [6.07, 6.45) is -4.59. The Morgan fingerprint density at radius 2 is 1.67 bits per heavy atom. The van der Waals surface area contributed by atoms with E-state index in [9.17, 15) is 23.4 Å². The van der Waals surface area contributed by atoms with Crippen LogP contribution in [0.5, 0.6) is 5.75 Å². The van der Waals surface area contributed by atoms with Crippen LogP contribution in [0.1, 0.15) is 12.6 Å². The fourth-order valence-electron chi connectivity index (χ4n) is 2.46. The van der Waals surface area contributed by atoms with Crippen LogP contribution in [-0.2, 0) is 6.18 Å². The standard InChI is InChI=1S/C18H16F3N3O2S/c1-11(25)27(22)15-8-4-13(5-9-15)24-16(10-17(23-24)18(19,20)21)12-2-6-14(26)7-3-12/h2-10,25-26H,22H2,1H3. The van der Waals surface area contributed by atoms with Crippen molar-refractivity contribution >= 4 is 15.7 Å². The van der Waals surface area contributed by atoms with Gasteiger partial charge in [0.05, 0.1) is 16.4 Å². The molecule has 1 unspecified atom stereocenters. The second-order valence-corrected chi connectivity index (χ2v) is 7.46. The summed E-state index contributed by atoms with van der Waals surface area (Å²) >= 11 is 0. The molecule has 0 saturated heterocycles. The molecular weight excluding hydrogens is 379 g/mol. The monoisotopic (exact) mass is 395 g/mol. The minimum absolute atomic E-state index is 0.0100. The number of alkyl halides is 3. The first kappa shape index (κ1) is 19.2. The van der Waals surface area contributed by atoms with E-state index < -0.39 is 22.5 Å². The van der Waals surface area contributed by atoms with Crippen molar-refractivity contribution in [1.29, 1.82) is 0 Å². The zero-order valence-corrected chi connectivity index (χ0v) is 14.9. The van der Waals surface area contributed by atoms with Crippen LogP contribution in [0.25, 0.3) is 16.9 Å². The van der Waals surface area contributed by atoms with Crippen LogP contribution in [-0.4, -0.2) is 25.0 Å². The smallest absolute Gasteiger partial charge is 0.435 e. The number of phenolic OH excluding ortho intramolecular Hbond substituents is 1. The minimum Gasteiger partial charge on any atom is -0.508 e. The summed E-state index contributed by atoms with van der Waals surface area (Å²) in [7, 11) is -0.968. The zero-order chi connectivity index (χ0) is 19.8. The summed E-state index contributed by atoms with van der Waals surface area (Å²) in [5, 5.41) is 28.6. The number of nitrogens with zero attached hydrogens (tertiary/aromatic N) is 2. The first-order valence-electron chi connectivity index (χ1n) is 7.75. The topological polar surface area (TPSA) is 84.3 Å². The van der Waals surface area contributed by atoms with E-state index in [0.717, 1.165) is 6.07 Å². The molecule has 0 fully saturated rings. The molecule has 3 rings (SSSR count). The van der Waals surface area contributed by atoms with Crippen LogP contribution in [0.4, 0.5) is 13.2 Å². The molecule has 0 aliphatic carbocycles. The molecule has 5 nitrogen and oxygen atoms in total. The number of aliphatic hydroxyl groups excluding tert-OH is 1. The first-order chi connectivity index (χ1) is 12.7. The number of rotatable bonds is 3. The van der Waals surface area contributed by atoms with Gasteiger partial charge in [0.1, 0.15) is 5.75 Å². The van der Waals surface area contributed by atoms with Gasteiger partial charge in [-0.25, -0.2) is 4.68 Å². The lowest BCUT2D eigenvalue weighted by Gasteiger charge is -2.10. The highest BCUT2D eigenvalue weighted by Gasteiger charge is 2.35. The van der Waals surface area contributed by atoms with Crippen molar-refractivity contribution in [3.8, 4) is 22.7 Å². The van der Waals surface area contributed by atoms with Gasteiger partial charge in [-0.15, -0.1) is 0 Å². The van der Waals surface area contributed by atoms with Crippen LogP contribution >= 0.6 is 10.7 Å². The molecule has 9 heteroatoms. The molecule has 2 aromatic carbocycles. The molecule has 1 heterocycles. The van der Waals surface area contributed by atoms with Crippen molar-refractivity contribution in [3.05, 3.63) is 60.3 Å². The Morgan fingerprint density at radius 1 is 1.07 bits per heavy atom. The highest BCUT2D eigenvalue weighted by Crippen LogP contribution is 2.34. The van der Waals surface area contributed by atoms with E-state index in [-0.39, 0.29) is 16.5 Å². The van der Waals surface area contributed by atoms with Crippen LogP contribution in [0.3, 0.4) is 0 Å². The molecule has 0 bridgehead atoms. The summed E-state index contributed by atoms with van der Waals surface area (Å²) in [6.45, 7) is 1.49. The molecular formula is C18H16F3N3O2S. The second kappa shape index (κ2) is 7.18. The van der Waals surface area contributed by atoms with Gasteiger partial charge in [-0.2, -0.15) is 18.3 Å². The zero-order valence-electron chi connectivity index (χ0n) is 14.1. The van der Waals surface area contributed by atoms with E-state index in [4.69, 9.17) is 5.14 Å². The molecule has 0 radical (unpaired) electrons. The van der Waals surface area contributed by atoms with Gasteiger partial charge in [0, 0.05) is 10.5 Å². The summed E-state index contributed by atoms with van der Waals surface area (Å²) in [4.78, 5) is 0.646. The molecule has 1 aromatic heterocycles.